The number of esters is 1. The molecule has 4 nitrogen and oxygen atoms in total. The Hall–Kier alpha value is -2.04. The van der Waals surface area contributed by atoms with Crippen molar-refractivity contribution in [2.45, 2.75) is 6.92 Å². The molecule has 0 radical (unpaired) electrons. The maximum Gasteiger partial charge on any atom is 0.379 e. The van der Waals surface area contributed by atoms with Crippen LogP contribution in [0, 0.1) is 6.92 Å². The molecule has 0 heterocycles. The van der Waals surface area contributed by atoms with Crippen LogP contribution in [0.25, 0.3) is 0 Å². The summed E-state index contributed by atoms with van der Waals surface area (Å²) in [7, 11) is 1.13. The molecule has 0 unspecified atom stereocenters. The van der Waals surface area contributed by atoms with Gasteiger partial charge in [0.25, 0.3) is 5.78 Å². The van der Waals surface area contributed by atoms with E-state index in [9.17, 15) is 9.59 Å². The minimum absolute atomic E-state index is 0.0636. The van der Waals surface area contributed by atoms with E-state index in [-0.39, 0.29) is 10.6 Å². The van der Waals surface area contributed by atoms with Crippen molar-refractivity contribution in [1.29, 1.82) is 0 Å². The number of rotatable bonds is 4. The van der Waals surface area contributed by atoms with E-state index < -0.39 is 11.8 Å². The van der Waals surface area contributed by atoms with Crippen LogP contribution in [0.2, 0.25) is 10.0 Å². The Bertz CT molecular complexity index is 741. The first-order chi connectivity index (χ1) is 10.4. The van der Waals surface area contributed by atoms with Gasteiger partial charge in [0, 0.05) is 16.7 Å². The van der Waals surface area contributed by atoms with E-state index in [1.165, 1.54) is 12.1 Å². The smallest absolute Gasteiger partial charge is 0.379 e. The van der Waals surface area contributed by atoms with E-state index in [2.05, 4.69) is 4.74 Å². The lowest BCUT2D eigenvalue weighted by molar-refractivity contribution is -0.135. The van der Waals surface area contributed by atoms with E-state index >= 15 is 0 Å². The van der Waals surface area contributed by atoms with Gasteiger partial charge in [-0.3, -0.25) is 4.79 Å². The number of Topliss-reactive ketones (excluding diaryl/α,β-unsaturated/α-hetero) is 1. The molecule has 0 aliphatic carbocycles. The van der Waals surface area contributed by atoms with Gasteiger partial charge in [-0.1, -0.05) is 23.2 Å². The molecule has 0 amide bonds. The Morgan fingerprint density at radius 2 is 1.77 bits per heavy atom. The fourth-order valence-electron chi connectivity index (χ4n) is 1.80. The summed E-state index contributed by atoms with van der Waals surface area (Å²) in [6.07, 6.45) is 0. The number of benzene rings is 2. The third kappa shape index (κ3) is 3.59. The molecule has 2 aromatic carbocycles. The van der Waals surface area contributed by atoms with Crippen LogP contribution in [-0.2, 0) is 9.53 Å². The minimum atomic E-state index is -0.968. The standard InChI is InChI=1S/C16H12Cl2O4/c1-9-7-10(17)3-6-14(9)22-11-4-5-12(13(18)8-11)15(19)16(20)21-2/h3-8H,1-2H3. The number of hydrogen-bond donors (Lipinski definition) is 0. The largest absolute Gasteiger partial charge is 0.463 e. The Morgan fingerprint density at radius 3 is 2.36 bits per heavy atom. The van der Waals surface area contributed by atoms with Gasteiger partial charge in [0.1, 0.15) is 11.5 Å². The highest BCUT2D eigenvalue weighted by molar-refractivity contribution is 6.45. The quantitative estimate of drug-likeness (QED) is 0.469. The van der Waals surface area contributed by atoms with E-state index in [4.69, 9.17) is 27.9 Å². The summed E-state index contributed by atoms with van der Waals surface area (Å²) in [6.45, 7) is 1.86. The number of carbonyl (C=O) groups excluding carboxylic acids is 2. The predicted octanol–water partition coefficient (Wildman–Crippen LogP) is 4.45. The number of ether oxygens (including phenoxy) is 2. The fourth-order valence-corrected chi connectivity index (χ4v) is 2.28. The van der Waals surface area contributed by atoms with Crippen molar-refractivity contribution in [3.05, 3.63) is 57.6 Å². The predicted molar refractivity (Wildman–Crippen MR) is 84.1 cm³/mol. The first-order valence-corrected chi connectivity index (χ1v) is 7.04. The van der Waals surface area contributed by atoms with Crippen molar-refractivity contribution < 1.29 is 19.1 Å². The molecule has 0 atom stereocenters. The van der Waals surface area contributed by atoms with Crippen LogP contribution < -0.4 is 4.74 Å². The zero-order valence-electron chi connectivity index (χ0n) is 11.9. The molecule has 0 saturated heterocycles. The van der Waals surface area contributed by atoms with Gasteiger partial charge in [-0.15, -0.1) is 0 Å². The molecule has 0 fully saturated rings. The lowest BCUT2D eigenvalue weighted by Crippen LogP contribution is -2.16. The van der Waals surface area contributed by atoms with Crippen molar-refractivity contribution >= 4 is 35.0 Å². The molecule has 0 aliphatic rings. The van der Waals surface area contributed by atoms with Gasteiger partial charge in [0.2, 0.25) is 0 Å². The fraction of sp³-hybridized carbons (Fsp3) is 0.125. The average molecular weight is 339 g/mol. The summed E-state index contributed by atoms with van der Waals surface area (Å²) in [6, 6.07) is 9.65. The zero-order chi connectivity index (χ0) is 16.3. The van der Waals surface area contributed by atoms with E-state index in [1.807, 2.05) is 6.92 Å². The molecule has 2 rings (SSSR count). The molecule has 0 spiro atoms. The molecule has 114 valence electrons. The molecule has 22 heavy (non-hydrogen) atoms. The number of aryl methyl sites for hydroxylation is 1. The second-order valence-corrected chi connectivity index (χ2v) is 5.32. The van der Waals surface area contributed by atoms with Gasteiger partial charge in [0.15, 0.2) is 0 Å². The Morgan fingerprint density at radius 1 is 1.05 bits per heavy atom. The molecular formula is C16H12Cl2O4. The van der Waals surface area contributed by atoms with Crippen LogP contribution in [0.4, 0.5) is 0 Å². The summed E-state index contributed by atoms with van der Waals surface area (Å²) >= 11 is 11.9. The Labute approximate surface area is 137 Å². The lowest BCUT2D eigenvalue weighted by atomic mass is 10.1. The van der Waals surface area contributed by atoms with Crippen molar-refractivity contribution in [3.8, 4) is 11.5 Å². The van der Waals surface area contributed by atoms with Crippen LogP contribution in [0.5, 0.6) is 11.5 Å². The van der Waals surface area contributed by atoms with Gasteiger partial charge in [-0.2, -0.15) is 0 Å². The van der Waals surface area contributed by atoms with Crippen molar-refractivity contribution in [1.82, 2.24) is 0 Å². The van der Waals surface area contributed by atoms with Crippen molar-refractivity contribution in [3.63, 3.8) is 0 Å². The summed E-state index contributed by atoms with van der Waals surface area (Å²) in [5.74, 6) is -0.713. The summed E-state index contributed by atoms with van der Waals surface area (Å²) < 4.78 is 10.1. The molecular weight excluding hydrogens is 327 g/mol. The minimum Gasteiger partial charge on any atom is -0.463 e. The highest BCUT2D eigenvalue weighted by Crippen LogP contribution is 2.30. The van der Waals surface area contributed by atoms with E-state index in [1.54, 1.807) is 24.3 Å². The zero-order valence-corrected chi connectivity index (χ0v) is 13.4. The highest BCUT2D eigenvalue weighted by atomic mass is 35.5. The maximum absolute atomic E-state index is 11.7. The van der Waals surface area contributed by atoms with Crippen molar-refractivity contribution in [2.24, 2.45) is 0 Å². The summed E-state index contributed by atoms with van der Waals surface area (Å²) in [5.41, 5.74) is 0.923. The Balaban J connectivity index is 2.26. The average Bonchev–Trinajstić information content (AvgIpc) is 2.49. The van der Waals surface area contributed by atoms with E-state index in [0.29, 0.717) is 16.5 Å². The monoisotopic (exact) mass is 338 g/mol. The number of carbonyl (C=O) groups is 2. The molecule has 0 saturated carbocycles. The van der Waals surface area contributed by atoms with Gasteiger partial charge in [-0.05, 0) is 42.8 Å². The normalized spacial score (nSPS) is 10.2. The second kappa shape index (κ2) is 6.81. The lowest BCUT2D eigenvalue weighted by Gasteiger charge is -2.10. The van der Waals surface area contributed by atoms with Crippen LogP contribution in [0.15, 0.2) is 36.4 Å². The van der Waals surface area contributed by atoms with Crippen LogP contribution in [0.3, 0.4) is 0 Å². The molecule has 2 aromatic rings. The molecule has 0 N–H and O–H groups in total. The Kier molecular flexibility index (Phi) is 5.06. The summed E-state index contributed by atoms with van der Waals surface area (Å²) in [5, 5.41) is 0.724. The number of hydrogen-bond acceptors (Lipinski definition) is 4. The first-order valence-electron chi connectivity index (χ1n) is 6.28. The number of ketones is 1. The van der Waals surface area contributed by atoms with Gasteiger partial charge in [-0.25, -0.2) is 4.79 Å². The third-order valence-corrected chi connectivity index (χ3v) is 3.47. The third-order valence-electron chi connectivity index (χ3n) is 2.92. The maximum atomic E-state index is 11.7. The van der Waals surface area contributed by atoms with Gasteiger partial charge < -0.3 is 9.47 Å². The van der Waals surface area contributed by atoms with Crippen LogP contribution in [0.1, 0.15) is 15.9 Å². The topological polar surface area (TPSA) is 52.6 Å². The van der Waals surface area contributed by atoms with Crippen LogP contribution >= 0.6 is 23.2 Å². The number of methoxy groups -OCH3 is 1. The SMILES string of the molecule is COC(=O)C(=O)c1ccc(Oc2ccc(Cl)cc2C)cc1Cl. The van der Waals surface area contributed by atoms with E-state index in [0.717, 1.165) is 12.7 Å². The second-order valence-electron chi connectivity index (χ2n) is 4.47. The molecule has 0 aliphatic heterocycles. The first kappa shape index (κ1) is 16.3. The molecule has 0 aromatic heterocycles. The number of halogens is 2. The van der Waals surface area contributed by atoms with Gasteiger partial charge >= 0.3 is 5.97 Å². The van der Waals surface area contributed by atoms with Crippen LogP contribution in [-0.4, -0.2) is 18.9 Å². The molecule has 6 heteroatoms. The van der Waals surface area contributed by atoms with Gasteiger partial charge in [0.05, 0.1) is 12.1 Å². The molecule has 0 bridgehead atoms. The highest BCUT2D eigenvalue weighted by Gasteiger charge is 2.20. The van der Waals surface area contributed by atoms with Crippen molar-refractivity contribution in [2.75, 3.05) is 7.11 Å². The summed E-state index contributed by atoms with van der Waals surface area (Å²) in [4.78, 5) is 23.0.